The highest BCUT2D eigenvalue weighted by Gasteiger charge is 2.21. The molecule has 0 radical (unpaired) electrons. The van der Waals surface area contributed by atoms with Crippen LogP contribution >= 0.6 is 0 Å². The van der Waals surface area contributed by atoms with Gasteiger partial charge in [0.15, 0.2) is 0 Å². The Morgan fingerprint density at radius 3 is 1.89 bits per heavy atom. The van der Waals surface area contributed by atoms with Gasteiger partial charge < -0.3 is 4.74 Å². The second kappa shape index (κ2) is 9.15. The first kappa shape index (κ1) is 21.1. The molecule has 0 aliphatic heterocycles. The van der Waals surface area contributed by atoms with E-state index in [-0.39, 0.29) is 17.8 Å². The third-order valence-electron chi connectivity index (χ3n) is 3.98. The second-order valence-corrected chi connectivity index (χ2v) is 9.51. The molecule has 0 aliphatic rings. The molecule has 0 aliphatic carbocycles. The quantitative estimate of drug-likeness (QED) is 0.748. The van der Waals surface area contributed by atoms with Gasteiger partial charge >= 0.3 is 0 Å². The van der Waals surface area contributed by atoms with Crippen LogP contribution in [0, 0.1) is 5.41 Å². The molecule has 0 unspecified atom stereocenters. The lowest BCUT2D eigenvalue weighted by Gasteiger charge is -2.20. The summed E-state index contributed by atoms with van der Waals surface area (Å²) >= 11 is 0. The van der Waals surface area contributed by atoms with Crippen molar-refractivity contribution < 1.29 is 17.9 Å². The average molecular weight is 390 g/mol. The van der Waals surface area contributed by atoms with Gasteiger partial charge in [0.05, 0.1) is 5.75 Å². The normalized spacial score (nSPS) is 12.1. The fourth-order valence-corrected chi connectivity index (χ4v) is 3.88. The standard InChI is InChI=1S/C21H27NO4S/c1-21(2,3)14-15-27(24,25)22-19(23)16-26-20(17-10-6-4-7-11-17)18-12-8-5-9-13-18/h4-13,20H,14-16H2,1-3H3,(H,22,23). The van der Waals surface area contributed by atoms with Crippen molar-refractivity contribution in [2.75, 3.05) is 12.4 Å². The minimum absolute atomic E-state index is 0.0942. The van der Waals surface area contributed by atoms with Gasteiger partial charge in [-0.25, -0.2) is 8.42 Å². The molecule has 0 saturated heterocycles. The van der Waals surface area contributed by atoms with Crippen molar-refractivity contribution in [3.8, 4) is 0 Å². The first-order chi connectivity index (χ1) is 12.7. The van der Waals surface area contributed by atoms with Gasteiger partial charge in [-0.05, 0) is 23.0 Å². The fraction of sp³-hybridized carbons (Fsp3) is 0.381. The van der Waals surface area contributed by atoms with Crippen molar-refractivity contribution in [1.29, 1.82) is 0 Å². The number of ether oxygens (including phenoxy) is 1. The maximum Gasteiger partial charge on any atom is 0.259 e. The summed E-state index contributed by atoms with van der Waals surface area (Å²) in [6, 6.07) is 19.0. The molecule has 0 atom stereocenters. The SMILES string of the molecule is CC(C)(C)CCS(=O)(=O)NC(=O)COC(c1ccccc1)c1ccccc1. The topological polar surface area (TPSA) is 72.5 Å². The predicted molar refractivity (Wildman–Crippen MR) is 107 cm³/mol. The molecule has 6 heteroatoms. The molecule has 27 heavy (non-hydrogen) atoms. The largest absolute Gasteiger partial charge is 0.359 e. The molecule has 0 aromatic heterocycles. The van der Waals surface area contributed by atoms with Crippen LogP contribution in [0.1, 0.15) is 44.4 Å². The van der Waals surface area contributed by atoms with Crippen LogP contribution in [0.15, 0.2) is 60.7 Å². The Kier molecular flexibility index (Phi) is 7.16. The molecule has 1 amide bonds. The molecular formula is C21H27NO4S. The number of amides is 1. The number of benzene rings is 2. The molecule has 1 N–H and O–H groups in total. The highest BCUT2D eigenvalue weighted by Crippen LogP contribution is 2.25. The summed E-state index contributed by atoms with van der Waals surface area (Å²) in [7, 11) is -3.67. The fourth-order valence-electron chi connectivity index (χ4n) is 2.49. The van der Waals surface area contributed by atoms with Crippen molar-refractivity contribution in [2.24, 2.45) is 5.41 Å². The predicted octanol–water partition coefficient (Wildman–Crippen LogP) is 3.67. The van der Waals surface area contributed by atoms with E-state index in [9.17, 15) is 13.2 Å². The number of hydrogen-bond donors (Lipinski definition) is 1. The molecule has 0 saturated carbocycles. The van der Waals surface area contributed by atoms with E-state index in [4.69, 9.17) is 4.74 Å². The summed E-state index contributed by atoms with van der Waals surface area (Å²) < 4.78 is 32.1. The molecule has 146 valence electrons. The summed E-state index contributed by atoms with van der Waals surface area (Å²) in [6.07, 6.45) is 0.0167. The Labute approximate surface area is 161 Å². The van der Waals surface area contributed by atoms with Crippen LogP contribution in [0.4, 0.5) is 0 Å². The minimum Gasteiger partial charge on any atom is -0.359 e. The maximum absolute atomic E-state index is 12.1. The van der Waals surface area contributed by atoms with Gasteiger partial charge in [0, 0.05) is 0 Å². The van der Waals surface area contributed by atoms with Gasteiger partial charge in [-0.1, -0.05) is 81.4 Å². The number of rotatable bonds is 8. The Morgan fingerprint density at radius 1 is 0.963 bits per heavy atom. The monoisotopic (exact) mass is 389 g/mol. The molecule has 2 aromatic carbocycles. The van der Waals surface area contributed by atoms with Gasteiger partial charge in [0.25, 0.3) is 5.91 Å². The third kappa shape index (κ3) is 7.53. The van der Waals surface area contributed by atoms with Gasteiger partial charge in [0.2, 0.25) is 10.0 Å². The van der Waals surface area contributed by atoms with E-state index in [0.717, 1.165) is 11.1 Å². The van der Waals surface area contributed by atoms with E-state index < -0.39 is 22.0 Å². The summed E-state index contributed by atoms with van der Waals surface area (Å²) in [5, 5.41) is 0. The van der Waals surface area contributed by atoms with Crippen LogP contribution < -0.4 is 4.72 Å². The molecule has 5 nitrogen and oxygen atoms in total. The lowest BCUT2D eigenvalue weighted by atomic mass is 9.94. The first-order valence-electron chi connectivity index (χ1n) is 8.91. The van der Waals surface area contributed by atoms with Crippen LogP contribution in [0.3, 0.4) is 0 Å². The Hall–Kier alpha value is -2.18. The first-order valence-corrected chi connectivity index (χ1v) is 10.6. The Bertz CT molecular complexity index is 788. The van der Waals surface area contributed by atoms with Crippen LogP contribution in [0.2, 0.25) is 0 Å². The minimum atomic E-state index is -3.67. The number of carbonyl (C=O) groups is 1. The van der Waals surface area contributed by atoms with Crippen molar-refractivity contribution in [1.82, 2.24) is 4.72 Å². The van der Waals surface area contributed by atoms with E-state index >= 15 is 0 Å². The average Bonchev–Trinajstić information content (AvgIpc) is 2.61. The van der Waals surface area contributed by atoms with Gasteiger partial charge in [-0.15, -0.1) is 0 Å². The zero-order valence-corrected chi connectivity index (χ0v) is 16.8. The molecule has 0 fully saturated rings. The van der Waals surface area contributed by atoms with Gasteiger partial charge in [-0.3, -0.25) is 9.52 Å². The third-order valence-corrected chi connectivity index (χ3v) is 5.26. The zero-order chi connectivity index (χ0) is 19.9. The van der Waals surface area contributed by atoms with Gasteiger partial charge in [-0.2, -0.15) is 0 Å². The lowest BCUT2D eigenvalue weighted by molar-refractivity contribution is -0.125. The van der Waals surface area contributed by atoms with Crippen molar-refractivity contribution in [2.45, 2.75) is 33.3 Å². The number of hydrogen-bond acceptors (Lipinski definition) is 4. The lowest BCUT2D eigenvalue weighted by Crippen LogP contribution is -2.36. The molecule has 0 bridgehead atoms. The van der Waals surface area contributed by atoms with Crippen LogP contribution in [-0.4, -0.2) is 26.7 Å². The second-order valence-electron chi connectivity index (χ2n) is 7.67. The van der Waals surface area contributed by atoms with E-state index in [1.807, 2.05) is 81.4 Å². The zero-order valence-electron chi connectivity index (χ0n) is 16.0. The maximum atomic E-state index is 12.1. The Morgan fingerprint density at radius 2 is 1.44 bits per heavy atom. The number of carbonyl (C=O) groups excluding carboxylic acids is 1. The number of nitrogens with one attached hydrogen (secondary N) is 1. The molecular weight excluding hydrogens is 362 g/mol. The number of sulfonamides is 1. The van der Waals surface area contributed by atoms with E-state index in [0.29, 0.717) is 6.42 Å². The van der Waals surface area contributed by atoms with E-state index in [1.165, 1.54) is 0 Å². The van der Waals surface area contributed by atoms with Crippen LogP contribution in [0.25, 0.3) is 0 Å². The summed E-state index contributed by atoms with van der Waals surface area (Å²) in [5.74, 6) is -0.760. The van der Waals surface area contributed by atoms with Crippen LogP contribution in [-0.2, 0) is 19.6 Å². The Balaban J connectivity index is 2.02. The molecule has 2 aromatic rings. The van der Waals surface area contributed by atoms with Crippen molar-refractivity contribution in [3.05, 3.63) is 71.8 Å². The molecule has 0 spiro atoms. The summed E-state index contributed by atoms with van der Waals surface area (Å²) in [5.41, 5.74) is 1.67. The smallest absolute Gasteiger partial charge is 0.259 e. The molecule has 2 rings (SSSR count). The summed E-state index contributed by atoms with van der Waals surface area (Å²) in [4.78, 5) is 12.1. The van der Waals surface area contributed by atoms with Crippen molar-refractivity contribution in [3.63, 3.8) is 0 Å². The van der Waals surface area contributed by atoms with Gasteiger partial charge in [0.1, 0.15) is 12.7 Å². The van der Waals surface area contributed by atoms with E-state index in [2.05, 4.69) is 4.72 Å². The highest BCUT2D eigenvalue weighted by atomic mass is 32.2. The van der Waals surface area contributed by atoms with Crippen LogP contribution in [0.5, 0.6) is 0 Å². The summed E-state index contributed by atoms with van der Waals surface area (Å²) in [6.45, 7) is 5.52. The van der Waals surface area contributed by atoms with E-state index in [1.54, 1.807) is 0 Å². The van der Waals surface area contributed by atoms with Crippen molar-refractivity contribution >= 4 is 15.9 Å². The molecule has 0 heterocycles. The highest BCUT2D eigenvalue weighted by molar-refractivity contribution is 7.90.